The van der Waals surface area contributed by atoms with Crippen molar-refractivity contribution in [2.24, 2.45) is 5.92 Å². The minimum absolute atomic E-state index is 0.151. The molecule has 1 aromatic rings. The van der Waals surface area contributed by atoms with Crippen molar-refractivity contribution in [3.05, 3.63) is 30.6 Å². The molecule has 2 rings (SSSR count). The Morgan fingerprint density at radius 2 is 2.00 bits per heavy atom. The molecule has 1 aliphatic rings. The normalized spacial score (nSPS) is 34.7. The van der Waals surface area contributed by atoms with Gasteiger partial charge in [-0.3, -0.25) is 14.3 Å². The van der Waals surface area contributed by atoms with Crippen LogP contribution >= 0.6 is 22.6 Å². The van der Waals surface area contributed by atoms with Crippen LogP contribution in [-0.2, 0) is 0 Å². The minimum atomic E-state index is -1.80. The highest BCUT2D eigenvalue weighted by atomic mass is 127. The molecule has 0 bridgehead atoms. The third kappa shape index (κ3) is 2.35. The first-order chi connectivity index (χ1) is 8.88. The second-order valence-electron chi connectivity index (χ2n) is 4.41. The number of aromatic amines is 1. The van der Waals surface area contributed by atoms with E-state index in [1.165, 1.54) is 0 Å². The summed E-state index contributed by atoms with van der Waals surface area (Å²) in [5.74, 6) is -1.17. The lowest BCUT2D eigenvalue weighted by Crippen LogP contribution is -2.39. The number of rotatable bonds is 2. The number of nitrogens with zero attached hydrogens (tertiary/aromatic N) is 1. The van der Waals surface area contributed by atoms with Gasteiger partial charge in [-0.1, -0.05) is 0 Å². The molecule has 9 heteroatoms. The fraction of sp³-hybridized carbons (Fsp3) is 0.600. The van der Waals surface area contributed by atoms with Crippen molar-refractivity contribution in [3.63, 3.8) is 0 Å². The number of hydrogen-bond donors (Lipinski definition) is 4. The van der Waals surface area contributed by atoms with Gasteiger partial charge in [0, 0.05) is 12.1 Å². The number of aliphatic hydroxyl groups is 3. The van der Waals surface area contributed by atoms with Gasteiger partial charge in [-0.25, -0.2) is 9.18 Å². The molecule has 4 N–H and O–H groups in total. The van der Waals surface area contributed by atoms with E-state index in [1.54, 1.807) is 22.6 Å². The van der Waals surface area contributed by atoms with Gasteiger partial charge >= 0.3 is 5.69 Å². The fourth-order valence-electron chi connectivity index (χ4n) is 2.29. The lowest BCUT2D eigenvalue weighted by molar-refractivity contribution is -0.00563. The Balaban J connectivity index is 2.50. The summed E-state index contributed by atoms with van der Waals surface area (Å²) in [4.78, 5) is 24.9. The largest absolute Gasteiger partial charge is 0.396 e. The Bertz CT molecular complexity index is 588. The molecule has 1 saturated carbocycles. The van der Waals surface area contributed by atoms with E-state index in [2.05, 4.69) is 0 Å². The van der Waals surface area contributed by atoms with Gasteiger partial charge < -0.3 is 15.3 Å². The molecule has 5 unspecified atom stereocenters. The molecule has 7 nitrogen and oxygen atoms in total. The van der Waals surface area contributed by atoms with Gasteiger partial charge in [-0.2, -0.15) is 0 Å². The summed E-state index contributed by atoms with van der Waals surface area (Å²) in [5.41, 5.74) is -1.48. The lowest BCUT2D eigenvalue weighted by atomic mass is 10.1. The van der Waals surface area contributed by atoms with Crippen LogP contribution in [0.1, 0.15) is 6.04 Å². The second-order valence-corrected chi connectivity index (χ2v) is 5.57. The van der Waals surface area contributed by atoms with E-state index in [-0.39, 0.29) is 3.57 Å². The second kappa shape index (κ2) is 5.31. The maximum Gasteiger partial charge on any atom is 0.328 e. The summed E-state index contributed by atoms with van der Waals surface area (Å²) in [7, 11) is 0. The maximum absolute atomic E-state index is 14.1. The number of alkyl halides is 1. The standard InChI is InChI=1S/C10H12FIN2O5/c11-5-3(2-15)7(16)8(17)6(5)14-1-4(12)9(18)13-10(14)19/h1,3,5-8,15-17H,2H2,(H,13,18,19). The molecule has 19 heavy (non-hydrogen) atoms. The first-order valence-electron chi connectivity index (χ1n) is 5.50. The van der Waals surface area contributed by atoms with Gasteiger partial charge in [0.25, 0.3) is 5.56 Å². The zero-order valence-corrected chi connectivity index (χ0v) is 11.7. The summed E-state index contributed by atoms with van der Waals surface area (Å²) < 4.78 is 15.1. The van der Waals surface area contributed by atoms with Crippen LogP contribution in [0.15, 0.2) is 15.8 Å². The first kappa shape index (κ1) is 14.6. The summed E-state index contributed by atoms with van der Waals surface area (Å²) in [5, 5.41) is 28.4. The Hall–Kier alpha value is -0.780. The third-order valence-corrected chi connectivity index (χ3v) is 4.10. The Kier molecular flexibility index (Phi) is 4.08. The van der Waals surface area contributed by atoms with Crippen LogP contribution in [0.4, 0.5) is 4.39 Å². The minimum Gasteiger partial charge on any atom is -0.396 e. The highest BCUT2D eigenvalue weighted by Crippen LogP contribution is 2.37. The van der Waals surface area contributed by atoms with Gasteiger partial charge in [0.2, 0.25) is 0 Å². The molecule has 0 saturated heterocycles. The van der Waals surface area contributed by atoms with Crippen LogP contribution in [0.5, 0.6) is 0 Å². The van der Waals surface area contributed by atoms with Crippen LogP contribution in [0, 0.1) is 9.49 Å². The van der Waals surface area contributed by atoms with E-state index in [4.69, 9.17) is 5.11 Å². The molecule has 0 amide bonds. The number of nitrogens with one attached hydrogen (secondary N) is 1. The molecular formula is C10H12FIN2O5. The quantitative estimate of drug-likeness (QED) is 0.456. The molecule has 0 aliphatic heterocycles. The van der Waals surface area contributed by atoms with Crippen molar-refractivity contribution in [1.82, 2.24) is 9.55 Å². The smallest absolute Gasteiger partial charge is 0.328 e. The van der Waals surface area contributed by atoms with Crippen molar-refractivity contribution in [3.8, 4) is 0 Å². The number of hydrogen-bond acceptors (Lipinski definition) is 5. The van der Waals surface area contributed by atoms with Crippen LogP contribution in [0.3, 0.4) is 0 Å². The molecule has 0 aromatic carbocycles. The predicted octanol–water partition coefficient (Wildman–Crippen LogP) is -1.64. The molecule has 1 heterocycles. The van der Waals surface area contributed by atoms with Gasteiger partial charge in [0.05, 0.1) is 22.3 Å². The van der Waals surface area contributed by atoms with Crippen molar-refractivity contribution >= 4 is 22.6 Å². The fourth-order valence-corrected chi connectivity index (χ4v) is 2.73. The third-order valence-electron chi connectivity index (χ3n) is 3.33. The molecular weight excluding hydrogens is 374 g/mol. The topological polar surface area (TPSA) is 116 Å². The van der Waals surface area contributed by atoms with Crippen LogP contribution in [0.25, 0.3) is 0 Å². The van der Waals surface area contributed by atoms with E-state index in [0.717, 1.165) is 10.8 Å². The lowest BCUT2D eigenvalue weighted by Gasteiger charge is -2.20. The summed E-state index contributed by atoms with van der Waals surface area (Å²) in [6.45, 7) is -0.648. The molecule has 0 spiro atoms. The average Bonchev–Trinajstić information content (AvgIpc) is 2.56. The van der Waals surface area contributed by atoms with Crippen molar-refractivity contribution < 1.29 is 19.7 Å². The summed E-state index contributed by atoms with van der Waals surface area (Å²) in [6.07, 6.45) is -3.68. The van der Waals surface area contributed by atoms with Crippen LogP contribution in [0.2, 0.25) is 0 Å². The van der Waals surface area contributed by atoms with E-state index in [0.29, 0.717) is 0 Å². The van der Waals surface area contributed by atoms with Crippen molar-refractivity contribution in [2.75, 3.05) is 6.61 Å². The monoisotopic (exact) mass is 386 g/mol. The molecule has 0 radical (unpaired) electrons. The SMILES string of the molecule is O=c1[nH]c(=O)n(C2C(O)C(O)C(CO)C2F)cc1I. The molecule has 1 fully saturated rings. The molecule has 106 valence electrons. The highest BCUT2D eigenvalue weighted by molar-refractivity contribution is 14.1. The zero-order valence-electron chi connectivity index (χ0n) is 9.53. The van der Waals surface area contributed by atoms with E-state index >= 15 is 0 Å². The molecule has 1 aliphatic carbocycles. The van der Waals surface area contributed by atoms with Crippen LogP contribution < -0.4 is 11.2 Å². The van der Waals surface area contributed by atoms with Gasteiger partial charge in [0.15, 0.2) is 0 Å². The number of aromatic nitrogens is 2. The Morgan fingerprint density at radius 3 is 2.53 bits per heavy atom. The summed E-state index contributed by atoms with van der Waals surface area (Å²) >= 11 is 1.67. The van der Waals surface area contributed by atoms with Gasteiger partial charge in [-0.05, 0) is 22.6 Å². The zero-order chi connectivity index (χ0) is 14.3. The first-order valence-corrected chi connectivity index (χ1v) is 6.58. The number of aliphatic hydroxyl groups excluding tert-OH is 3. The van der Waals surface area contributed by atoms with Crippen molar-refractivity contribution in [2.45, 2.75) is 24.4 Å². The Morgan fingerprint density at radius 1 is 1.37 bits per heavy atom. The van der Waals surface area contributed by atoms with Gasteiger partial charge in [-0.15, -0.1) is 0 Å². The van der Waals surface area contributed by atoms with E-state index < -0.39 is 48.2 Å². The van der Waals surface area contributed by atoms with Crippen LogP contribution in [-0.4, -0.2) is 49.9 Å². The molecule has 1 aromatic heterocycles. The van der Waals surface area contributed by atoms with Crippen molar-refractivity contribution in [1.29, 1.82) is 0 Å². The number of halogens is 2. The Labute approximate surface area is 119 Å². The predicted molar refractivity (Wildman–Crippen MR) is 70.6 cm³/mol. The highest BCUT2D eigenvalue weighted by Gasteiger charge is 2.51. The summed E-state index contributed by atoms with van der Waals surface area (Å²) in [6, 6.07) is -1.34. The van der Waals surface area contributed by atoms with Gasteiger partial charge in [0.1, 0.15) is 12.3 Å². The number of H-pyrrole nitrogens is 1. The maximum atomic E-state index is 14.1. The van der Waals surface area contributed by atoms with E-state index in [9.17, 15) is 24.2 Å². The van der Waals surface area contributed by atoms with E-state index in [1.807, 2.05) is 4.98 Å². The average molecular weight is 386 g/mol. The molecule has 5 atom stereocenters.